The van der Waals surface area contributed by atoms with E-state index in [1.54, 1.807) is 0 Å². The molecule has 1 saturated heterocycles. The second kappa shape index (κ2) is 5.38. The number of nitrogens with zero attached hydrogens (tertiary/aromatic N) is 1. The van der Waals surface area contributed by atoms with E-state index in [1.807, 2.05) is 0 Å². The van der Waals surface area contributed by atoms with Gasteiger partial charge in [0.15, 0.2) is 0 Å². The molecule has 0 bridgehead atoms. The zero-order chi connectivity index (χ0) is 12.3. The van der Waals surface area contributed by atoms with Crippen LogP contribution >= 0.6 is 0 Å². The lowest BCUT2D eigenvalue weighted by Crippen LogP contribution is -2.40. The predicted molar refractivity (Wildman–Crippen MR) is 67.9 cm³/mol. The number of hydrogen-bond acceptors (Lipinski definition) is 3. The molecule has 1 aliphatic carbocycles. The first-order valence-corrected chi connectivity index (χ1v) is 7.87. The van der Waals surface area contributed by atoms with E-state index in [0.717, 1.165) is 32.2 Å². The summed E-state index contributed by atoms with van der Waals surface area (Å²) in [5.41, 5.74) is 0. The van der Waals surface area contributed by atoms with Crippen molar-refractivity contribution in [1.29, 1.82) is 0 Å². The summed E-state index contributed by atoms with van der Waals surface area (Å²) < 4.78 is 26.0. The van der Waals surface area contributed by atoms with E-state index in [2.05, 4.69) is 11.2 Å². The van der Waals surface area contributed by atoms with Gasteiger partial charge in [0, 0.05) is 12.6 Å². The van der Waals surface area contributed by atoms with Crippen LogP contribution in [0.4, 0.5) is 0 Å². The van der Waals surface area contributed by atoms with Crippen LogP contribution in [0.3, 0.4) is 0 Å². The Kier molecular flexibility index (Phi) is 4.08. The van der Waals surface area contributed by atoms with E-state index in [1.165, 1.54) is 4.31 Å². The fourth-order valence-electron chi connectivity index (χ4n) is 2.23. The molecular formula is C12H20N2O2S. The highest BCUT2D eigenvalue weighted by molar-refractivity contribution is 7.89. The maximum Gasteiger partial charge on any atom is 0.216 e. The highest BCUT2D eigenvalue weighted by atomic mass is 32.2. The lowest BCUT2D eigenvalue weighted by molar-refractivity contribution is 0.425. The summed E-state index contributed by atoms with van der Waals surface area (Å²) >= 11 is 0. The van der Waals surface area contributed by atoms with Gasteiger partial charge in [-0.1, -0.05) is 5.92 Å². The van der Waals surface area contributed by atoms with Crippen molar-refractivity contribution >= 4 is 10.0 Å². The Balaban J connectivity index is 1.96. The van der Waals surface area contributed by atoms with Crippen LogP contribution in [-0.2, 0) is 10.0 Å². The molecule has 2 fully saturated rings. The van der Waals surface area contributed by atoms with E-state index in [9.17, 15) is 8.42 Å². The van der Waals surface area contributed by atoms with Crippen LogP contribution in [0.1, 0.15) is 25.7 Å². The van der Waals surface area contributed by atoms with Crippen LogP contribution < -0.4 is 5.32 Å². The number of terminal acetylenes is 1. The third-order valence-corrected chi connectivity index (χ3v) is 5.28. The van der Waals surface area contributed by atoms with Gasteiger partial charge in [0.05, 0.1) is 12.3 Å². The van der Waals surface area contributed by atoms with Crippen molar-refractivity contribution in [3.05, 3.63) is 0 Å². The molecule has 0 spiro atoms. The molecule has 4 nitrogen and oxygen atoms in total. The summed E-state index contributed by atoms with van der Waals surface area (Å²) in [6, 6.07) is 0.111. The monoisotopic (exact) mass is 256 g/mol. The van der Waals surface area contributed by atoms with Gasteiger partial charge in [0.25, 0.3) is 0 Å². The van der Waals surface area contributed by atoms with E-state index >= 15 is 0 Å². The molecule has 2 rings (SSSR count). The second-order valence-electron chi connectivity index (χ2n) is 5.01. The minimum atomic E-state index is -3.19. The fraction of sp³-hybridized carbons (Fsp3) is 0.833. The molecule has 0 amide bonds. The van der Waals surface area contributed by atoms with Crippen molar-refractivity contribution in [2.75, 3.05) is 25.4 Å². The summed E-state index contributed by atoms with van der Waals surface area (Å²) in [6.45, 7) is 1.75. The van der Waals surface area contributed by atoms with E-state index in [4.69, 9.17) is 6.42 Å². The Morgan fingerprint density at radius 2 is 2.12 bits per heavy atom. The standard InChI is InChI=1S/C12H20N2O2S/c1-2-8-14(9-11-5-6-11)17(15,16)10-12-4-3-7-13-12/h1,11-13H,3-10H2. The zero-order valence-electron chi connectivity index (χ0n) is 10.1. The van der Waals surface area contributed by atoms with Crippen LogP contribution in [0.15, 0.2) is 0 Å². The minimum Gasteiger partial charge on any atom is -0.313 e. The molecule has 1 N–H and O–H groups in total. The first-order chi connectivity index (χ1) is 8.12. The summed E-state index contributed by atoms with van der Waals surface area (Å²) in [5.74, 6) is 3.19. The van der Waals surface area contributed by atoms with Gasteiger partial charge in [-0.3, -0.25) is 0 Å². The molecule has 0 radical (unpaired) electrons. The lowest BCUT2D eigenvalue weighted by Gasteiger charge is -2.21. The van der Waals surface area contributed by atoms with Crippen LogP contribution in [0.2, 0.25) is 0 Å². The molecule has 1 unspecified atom stereocenters. The van der Waals surface area contributed by atoms with Gasteiger partial charge in [-0.15, -0.1) is 6.42 Å². The van der Waals surface area contributed by atoms with Gasteiger partial charge in [-0.25, -0.2) is 8.42 Å². The SMILES string of the molecule is C#CCN(CC1CC1)S(=O)(=O)CC1CCCN1. The topological polar surface area (TPSA) is 49.4 Å². The van der Waals surface area contributed by atoms with E-state index in [0.29, 0.717) is 12.5 Å². The van der Waals surface area contributed by atoms with Crippen LogP contribution in [0.25, 0.3) is 0 Å². The molecular weight excluding hydrogens is 236 g/mol. The van der Waals surface area contributed by atoms with E-state index in [-0.39, 0.29) is 18.3 Å². The van der Waals surface area contributed by atoms with Crippen LogP contribution in [0.5, 0.6) is 0 Å². The van der Waals surface area contributed by atoms with Crippen molar-refractivity contribution in [1.82, 2.24) is 9.62 Å². The molecule has 96 valence electrons. The van der Waals surface area contributed by atoms with Crippen molar-refractivity contribution in [3.63, 3.8) is 0 Å². The molecule has 0 aromatic heterocycles. The molecule has 0 aromatic rings. The first kappa shape index (κ1) is 12.9. The van der Waals surface area contributed by atoms with Gasteiger partial charge in [-0.05, 0) is 38.1 Å². The summed E-state index contributed by atoms with van der Waals surface area (Å²) in [4.78, 5) is 0. The Labute approximate surface area is 104 Å². The Hall–Kier alpha value is -0.570. The van der Waals surface area contributed by atoms with Crippen molar-refractivity contribution < 1.29 is 8.42 Å². The molecule has 1 saturated carbocycles. The highest BCUT2D eigenvalue weighted by Gasteiger charge is 2.32. The van der Waals surface area contributed by atoms with Crippen LogP contribution in [-0.4, -0.2) is 44.2 Å². The third-order valence-electron chi connectivity index (χ3n) is 3.39. The summed E-state index contributed by atoms with van der Waals surface area (Å²) in [6.07, 6.45) is 9.55. The largest absolute Gasteiger partial charge is 0.313 e. The average molecular weight is 256 g/mol. The Bertz CT molecular complexity index is 389. The molecule has 0 aromatic carbocycles. The number of sulfonamides is 1. The maximum atomic E-state index is 12.2. The molecule has 1 aliphatic heterocycles. The molecule has 2 aliphatic rings. The molecule has 17 heavy (non-hydrogen) atoms. The first-order valence-electron chi connectivity index (χ1n) is 6.26. The second-order valence-corrected chi connectivity index (χ2v) is 7.03. The third kappa shape index (κ3) is 3.70. The number of hydrogen-bond donors (Lipinski definition) is 1. The van der Waals surface area contributed by atoms with Crippen molar-refractivity contribution in [2.24, 2.45) is 5.92 Å². The maximum absolute atomic E-state index is 12.2. The Morgan fingerprint density at radius 1 is 1.35 bits per heavy atom. The normalized spacial score (nSPS) is 25.1. The predicted octanol–water partition coefficient (Wildman–Crippen LogP) is 0.413. The van der Waals surface area contributed by atoms with Gasteiger partial charge < -0.3 is 5.32 Å². The summed E-state index contributed by atoms with van der Waals surface area (Å²) in [5, 5.41) is 3.22. The Morgan fingerprint density at radius 3 is 2.65 bits per heavy atom. The van der Waals surface area contributed by atoms with Gasteiger partial charge in [0.2, 0.25) is 10.0 Å². The lowest BCUT2D eigenvalue weighted by atomic mass is 10.3. The van der Waals surface area contributed by atoms with Gasteiger partial charge in [0.1, 0.15) is 0 Å². The number of nitrogens with one attached hydrogen (secondary N) is 1. The summed E-state index contributed by atoms with van der Waals surface area (Å²) in [7, 11) is -3.19. The number of rotatable bonds is 6. The van der Waals surface area contributed by atoms with Crippen LogP contribution in [0, 0.1) is 18.3 Å². The van der Waals surface area contributed by atoms with Crippen molar-refractivity contribution in [2.45, 2.75) is 31.7 Å². The zero-order valence-corrected chi connectivity index (χ0v) is 10.9. The quantitative estimate of drug-likeness (QED) is 0.700. The minimum absolute atomic E-state index is 0.111. The highest BCUT2D eigenvalue weighted by Crippen LogP contribution is 2.30. The molecule has 1 atom stereocenters. The van der Waals surface area contributed by atoms with E-state index < -0.39 is 10.0 Å². The molecule has 5 heteroatoms. The van der Waals surface area contributed by atoms with Gasteiger partial charge >= 0.3 is 0 Å². The van der Waals surface area contributed by atoms with Crippen molar-refractivity contribution in [3.8, 4) is 12.3 Å². The average Bonchev–Trinajstić information content (AvgIpc) is 2.94. The smallest absolute Gasteiger partial charge is 0.216 e. The van der Waals surface area contributed by atoms with Gasteiger partial charge in [-0.2, -0.15) is 4.31 Å². The fourth-order valence-corrected chi connectivity index (χ4v) is 3.94. The molecule has 1 heterocycles.